The minimum Gasteiger partial charge on any atom is -0.508 e. The van der Waals surface area contributed by atoms with Crippen molar-refractivity contribution in [3.8, 4) is 5.75 Å². The van der Waals surface area contributed by atoms with Gasteiger partial charge < -0.3 is 108 Å². The Kier molecular flexibility index (Phi) is 35.1. The number of hydrogen-bond donors (Lipinski definition) is 20. The molecule has 0 fully saturated rings. The van der Waals surface area contributed by atoms with E-state index in [0.29, 0.717) is 18.4 Å². The van der Waals surface area contributed by atoms with Crippen LogP contribution >= 0.6 is 0 Å². The number of likely N-dealkylation sites (N-methyl/N-ethyl adjacent to an activating group) is 1. The van der Waals surface area contributed by atoms with Crippen molar-refractivity contribution in [2.75, 3.05) is 39.8 Å². The maximum atomic E-state index is 14.3. The number of unbranched alkanes of at least 4 members (excludes halogenated alkanes) is 1. The highest BCUT2D eigenvalue weighted by Gasteiger charge is 2.36. The standard InChI is InChI=1S/C53H92N18O15/c1-27(2)21-35(43(55)78)67-45(80)33(12-9-19-61-52(56)57)66-49(84)37(23-30-14-16-31(74)17-15-30)68-46(81)32(11-7-8-18-54)65-50(85)38(24-41(76)77)69-51(86)42(29(5)73)71-40(75)25-63-44(79)39(26-72)70-47(82)34(13-10-20-62-53(58)59)64-48(83)36(60-6)22-28(3)4/h14-17,27-29,32-39,42,60,72-74H,7-13,18-26,54H2,1-6H3,(H2,55,78)(H,63,79)(H,64,83)(H,65,85)(H,66,84)(H,67,80)(H,68,81)(H,69,86)(H,70,82)(H,71,75)(H,76,77)(H4,56,57,61)(H4,58,59,62)/t29-,32+,33+,34+,35+,36+,37+,38+,39+,42+/m1/s1. The second-order valence-corrected chi connectivity index (χ2v) is 21.3. The highest BCUT2D eigenvalue weighted by molar-refractivity contribution is 5.99. The molecule has 33 heteroatoms. The van der Waals surface area contributed by atoms with Crippen LogP contribution in [0.1, 0.15) is 104 Å². The average Bonchev–Trinajstić information content (AvgIpc) is 2.74. The van der Waals surface area contributed by atoms with Crippen LogP contribution in [0.5, 0.6) is 5.75 Å². The molecular formula is C53H92N18O15. The third-order valence-corrected chi connectivity index (χ3v) is 12.8. The number of phenolic OH excluding ortho intramolecular Hbond substituents is 1. The predicted octanol–water partition coefficient (Wildman–Crippen LogP) is -6.82. The number of nitrogens with zero attached hydrogens (tertiary/aromatic N) is 2. The van der Waals surface area contributed by atoms with E-state index in [2.05, 4.69) is 63.2 Å². The fraction of sp³-hybridized carbons (Fsp3) is 0.642. The maximum Gasteiger partial charge on any atom is 0.305 e. The van der Waals surface area contributed by atoms with E-state index in [4.69, 9.17) is 34.4 Å². The van der Waals surface area contributed by atoms with Gasteiger partial charge in [-0.2, -0.15) is 0 Å². The SMILES string of the molecule is CN[C@@H](CC(C)C)C(=O)N[C@@H](CCCN=C(N)N)C(=O)N[C@@H](CO)C(=O)NCC(=O)N[C@H](C(=O)N[C@@H](CC(=O)O)C(=O)N[C@@H](CCCCN)C(=O)N[C@@H](Cc1ccc(O)cc1)C(=O)N[C@@H](CCCN=C(N)N)C(=O)N[C@@H](CC(C)C)C(N)=O)[C@@H](C)O. The Balaban J connectivity index is 3.45. The zero-order valence-corrected chi connectivity index (χ0v) is 49.7. The number of nitrogens with one attached hydrogen (secondary N) is 10. The van der Waals surface area contributed by atoms with Gasteiger partial charge in [0.05, 0.1) is 31.7 Å². The van der Waals surface area contributed by atoms with Crippen LogP contribution in [0.25, 0.3) is 0 Å². The minimum absolute atomic E-state index is 0.00133. The number of carboxylic acids is 1. The molecule has 1 rings (SSSR count). The fourth-order valence-corrected chi connectivity index (χ4v) is 8.32. The summed E-state index contributed by atoms with van der Waals surface area (Å²) in [5.74, 6) is -11.9. The average molecular weight is 1220 g/mol. The molecule has 0 radical (unpaired) electrons. The number of nitrogens with two attached hydrogens (primary N) is 6. The van der Waals surface area contributed by atoms with Crippen molar-refractivity contribution < 1.29 is 73.2 Å². The van der Waals surface area contributed by atoms with Gasteiger partial charge >= 0.3 is 5.97 Å². The molecule has 86 heavy (non-hydrogen) atoms. The summed E-state index contributed by atoms with van der Waals surface area (Å²) in [5, 5.41) is 65.1. The van der Waals surface area contributed by atoms with E-state index in [1.165, 1.54) is 24.3 Å². The highest BCUT2D eigenvalue weighted by Crippen LogP contribution is 2.14. The van der Waals surface area contributed by atoms with Gasteiger partial charge in [0.15, 0.2) is 11.9 Å². The molecule has 0 saturated heterocycles. The number of aliphatic carboxylic acids is 1. The summed E-state index contributed by atoms with van der Waals surface area (Å²) in [4.78, 5) is 156. The number of primary amides is 1. The Bertz CT molecular complexity index is 2460. The first kappa shape index (κ1) is 75.6. The molecule has 0 aliphatic heterocycles. The Hall–Kier alpha value is -8.43. The third-order valence-electron chi connectivity index (χ3n) is 12.8. The van der Waals surface area contributed by atoms with Crippen molar-refractivity contribution >= 4 is 77.0 Å². The number of carbonyl (C=O) groups excluding carboxylic acids is 10. The summed E-state index contributed by atoms with van der Waals surface area (Å²) in [6, 6.07) is -7.55. The lowest BCUT2D eigenvalue weighted by Gasteiger charge is -2.28. The molecule has 0 aliphatic rings. The van der Waals surface area contributed by atoms with Gasteiger partial charge in [0.1, 0.15) is 54.1 Å². The normalized spacial score (nSPS) is 14.5. The van der Waals surface area contributed by atoms with Crippen LogP contribution in [-0.4, -0.2) is 198 Å². The molecule has 1 aromatic rings. The smallest absolute Gasteiger partial charge is 0.305 e. The van der Waals surface area contributed by atoms with Crippen molar-refractivity contribution in [1.82, 2.24) is 53.2 Å². The second-order valence-electron chi connectivity index (χ2n) is 21.3. The second kappa shape index (κ2) is 40.0. The first-order valence-corrected chi connectivity index (χ1v) is 28.2. The van der Waals surface area contributed by atoms with E-state index in [9.17, 15) is 73.2 Å². The van der Waals surface area contributed by atoms with Crippen LogP contribution in [0.3, 0.4) is 0 Å². The number of benzene rings is 1. The molecule has 33 nitrogen and oxygen atoms in total. The van der Waals surface area contributed by atoms with Gasteiger partial charge in [0.2, 0.25) is 59.1 Å². The van der Waals surface area contributed by atoms with E-state index in [-0.39, 0.29) is 101 Å². The number of aromatic hydroxyl groups is 1. The fourth-order valence-electron chi connectivity index (χ4n) is 8.32. The summed E-state index contributed by atoms with van der Waals surface area (Å²) in [6.07, 6.45) is -1.93. The topological polar surface area (TPSA) is 570 Å². The molecular weight excluding hydrogens is 1130 g/mol. The lowest BCUT2D eigenvalue weighted by atomic mass is 10.0. The van der Waals surface area contributed by atoms with Crippen LogP contribution in [-0.2, 0) is 59.2 Å². The molecule has 0 spiro atoms. The Morgan fingerprint density at radius 2 is 0.942 bits per heavy atom. The number of aliphatic hydroxyl groups is 2. The molecule has 484 valence electrons. The predicted molar refractivity (Wildman–Crippen MR) is 315 cm³/mol. The van der Waals surface area contributed by atoms with Crippen molar-refractivity contribution in [2.24, 2.45) is 56.2 Å². The van der Waals surface area contributed by atoms with Gasteiger partial charge in [-0.15, -0.1) is 0 Å². The van der Waals surface area contributed by atoms with Crippen molar-refractivity contribution in [3.63, 3.8) is 0 Å². The van der Waals surface area contributed by atoms with Crippen molar-refractivity contribution in [1.29, 1.82) is 0 Å². The summed E-state index contributed by atoms with van der Waals surface area (Å²) in [7, 11) is 1.57. The Labute approximate surface area is 499 Å². The molecule has 0 unspecified atom stereocenters. The Morgan fingerprint density at radius 1 is 0.523 bits per heavy atom. The summed E-state index contributed by atoms with van der Waals surface area (Å²) >= 11 is 0. The molecule has 0 aliphatic carbocycles. The minimum atomic E-state index is -2.00. The lowest BCUT2D eigenvalue weighted by molar-refractivity contribution is -0.142. The zero-order chi connectivity index (χ0) is 65.2. The number of carboxylic acid groups (broad SMARTS) is 1. The molecule has 0 aromatic heterocycles. The summed E-state index contributed by atoms with van der Waals surface area (Å²) in [6.45, 7) is 6.81. The summed E-state index contributed by atoms with van der Waals surface area (Å²) < 4.78 is 0. The van der Waals surface area contributed by atoms with E-state index in [0.717, 1.165) is 6.92 Å². The molecule has 0 saturated carbocycles. The first-order chi connectivity index (χ1) is 40.4. The van der Waals surface area contributed by atoms with Crippen LogP contribution in [0.4, 0.5) is 0 Å². The number of carbonyl (C=O) groups is 11. The van der Waals surface area contributed by atoms with Gasteiger partial charge in [-0.25, -0.2) is 0 Å². The van der Waals surface area contributed by atoms with Gasteiger partial charge in [-0.3, -0.25) is 62.7 Å². The van der Waals surface area contributed by atoms with Crippen molar-refractivity contribution in [3.05, 3.63) is 29.8 Å². The number of rotatable bonds is 42. The van der Waals surface area contributed by atoms with E-state index in [1.54, 1.807) is 20.9 Å². The quantitative estimate of drug-likeness (QED) is 0.0164. The van der Waals surface area contributed by atoms with E-state index >= 15 is 0 Å². The van der Waals surface area contributed by atoms with E-state index < -0.39 is 145 Å². The molecule has 0 heterocycles. The monoisotopic (exact) mass is 1220 g/mol. The van der Waals surface area contributed by atoms with Crippen LogP contribution in [0, 0.1) is 11.8 Å². The highest BCUT2D eigenvalue weighted by atomic mass is 16.4. The van der Waals surface area contributed by atoms with Gasteiger partial charge in [-0.1, -0.05) is 39.8 Å². The van der Waals surface area contributed by atoms with Gasteiger partial charge in [-0.05, 0) is 108 Å². The van der Waals surface area contributed by atoms with Gasteiger partial charge in [0.25, 0.3) is 0 Å². The van der Waals surface area contributed by atoms with Crippen LogP contribution in [0.15, 0.2) is 34.3 Å². The van der Waals surface area contributed by atoms with Gasteiger partial charge in [0, 0.05) is 19.5 Å². The molecule has 10 amide bonds. The number of aliphatic imine (C=N–C) groups is 2. The third kappa shape index (κ3) is 30.4. The lowest BCUT2D eigenvalue weighted by Crippen LogP contribution is -2.61. The largest absolute Gasteiger partial charge is 0.508 e. The molecule has 1 aromatic carbocycles. The number of aliphatic hydroxyl groups excluding tert-OH is 2. The van der Waals surface area contributed by atoms with Crippen LogP contribution < -0.4 is 87.6 Å². The number of hydrogen-bond acceptors (Lipinski definition) is 18. The number of amides is 10. The molecule has 0 bridgehead atoms. The molecule has 10 atom stereocenters. The van der Waals surface area contributed by atoms with Crippen LogP contribution in [0.2, 0.25) is 0 Å². The molecule has 26 N–H and O–H groups in total. The number of phenols is 1. The van der Waals surface area contributed by atoms with Crippen molar-refractivity contribution in [2.45, 2.75) is 166 Å². The Morgan fingerprint density at radius 3 is 1.37 bits per heavy atom. The number of guanidine groups is 2. The summed E-state index contributed by atoms with van der Waals surface area (Å²) in [5.41, 5.74) is 33.4. The zero-order valence-electron chi connectivity index (χ0n) is 49.7. The first-order valence-electron chi connectivity index (χ1n) is 28.2. The van der Waals surface area contributed by atoms with E-state index in [1.807, 2.05) is 13.8 Å². The maximum absolute atomic E-state index is 14.3.